The van der Waals surface area contributed by atoms with Crippen LogP contribution in [0.2, 0.25) is 5.02 Å². The molecule has 1 fully saturated rings. The first-order chi connectivity index (χ1) is 16.9. The lowest BCUT2D eigenvalue weighted by molar-refractivity contribution is -0.131. The molecule has 1 aliphatic heterocycles. The molecule has 0 radical (unpaired) electrons. The van der Waals surface area contributed by atoms with E-state index in [9.17, 15) is 9.59 Å². The summed E-state index contributed by atoms with van der Waals surface area (Å²) in [6, 6.07) is 15.8. The largest absolute Gasteiger partial charge is 0.368 e. The fourth-order valence-electron chi connectivity index (χ4n) is 4.48. The van der Waals surface area contributed by atoms with E-state index in [4.69, 9.17) is 11.6 Å². The highest BCUT2D eigenvalue weighted by Crippen LogP contribution is 2.22. The number of carbonyl (C=O) groups excluding carboxylic acids is 1. The minimum Gasteiger partial charge on any atom is -0.368 e. The van der Waals surface area contributed by atoms with Gasteiger partial charge in [-0.3, -0.25) is 9.59 Å². The molecule has 8 heteroatoms. The van der Waals surface area contributed by atoms with Gasteiger partial charge in [0.1, 0.15) is 5.52 Å². The fourth-order valence-corrected chi connectivity index (χ4v) is 4.61. The van der Waals surface area contributed by atoms with Gasteiger partial charge in [-0.05, 0) is 61.4 Å². The van der Waals surface area contributed by atoms with Crippen LogP contribution in [0.5, 0.6) is 0 Å². The van der Waals surface area contributed by atoms with Crippen molar-refractivity contribution >= 4 is 28.7 Å². The van der Waals surface area contributed by atoms with Crippen molar-refractivity contribution in [3.05, 3.63) is 87.4 Å². The summed E-state index contributed by atoms with van der Waals surface area (Å²) < 4.78 is 3.21. The summed E-state index contributed by atoms with van der Waals surface area (Å²) >= 11 is 5.98. The fraction of sp³-hybridized carbons (Fsp3) is 0.296. The first-order valence-electron chi connectivity index (χ1n) is 11.8. The lowest BCUT2D eigenvalue weighted by Crippen LogP contribution is -2.49. The minimum atomic E-state index is -0.143. The molecule has 3 heterocycles. The molecule has 7 nitrogen and oxygen atoms in total. The molecule has 5 rings (SSSR count). The summed E-state index contributed by atoms with van der Waals surface area (Å²) in [5, 5.41) is 5.29. The Morgan fingerprint density at radius 1 is 0.943 bits per heavy atom. The SMILES string of the molecule is Cc1ccc(-c2cc3c(=O)n(CCC(=O)N4CCN(c5ccc(Cl)cc5)CC4)ccn3n2)cc1C. The Kier molecular flexibility index (Phi) is 6.34. The molecular weight excluding hydrogens is 462 g/mol. The standard InChI is InChI=1S/C27H28ClN5O2/c1-19-3-4-21(17-20(19)2)24-18-25-27(35)32(15-16-33(25)29-24)10-9-26(34)31-13-11-30(12-14-31)23-7-5-22(28)6-8-23/h3-8,15-18H,9-14H2,1-2H3. The van der Waals surface area contributed by atoms with E-state index in [1.165, 1.54) is 11.1 Å². The third-order valence-corrected chi connectivity index (χ3v) is 7.05. The van der Waals surface area contributed by atoms with Crippen molar-refractivity contribution in [1.29, 1.82) is 0 Å². The van der Waals surface area contributed by atoms with Crippen LogP contribution in [0.4, 0.5) is 5.69 Å². The number of piperazine rings is 1. The zero-order valence-electron chi connectivity index (χ0n) is 19.9. The minimum absolute atomic E-state index is 0.0665. The number of rotatable bonds is 5. The average Bonchev–Trinajstić information content (AvgIpc) is 3.31. The van der Waals surface area contributed by atoms with E-state index < -0.39 is 0 Å². The molecule has 0 N–H and O–H groups in total. The van der Waals surface area contributed by atoms with Crippen LogP contribution < -0.4 is 10.5 Å². The van der Waals surface area contributed by atoms with Crippen LogP contribution >= 0.6 is 11.6 Å². The molecule has 0 aliphatic carbocycles. The van der Waals surface area contributed by atoms with Crippen molar-refractivity contribution in [3.8, 4) is 11.3 Å². The molecule has 0 atom stereocenters. The van der Waals surface area contributed by atoms with Gasteiger partial charge in [-0.1, -0.05) is 23.7 Å². The first kappa shape index (κ1) is 23.2. The lowest BCUT2D eigenvalue weighted by Gasteiger charge is -2.36. The van der Waals surface area contributed by atoms with Crippen LogP contribution in [0, 0.1) is 13.8 Å². The Hall–Kier alpha value is -3.58. The molecule has 1 aliphatic rings. The van der Waals surface area contributed by atoms with E-state index in [0.29, 0.717) is 30.2 Å². The zero-order valence-corrected chi connectivity index (χ0v) is 20.7. The molecule has 0 bridgehead atoms. The average molecular weight is 490 g/mol. The van der Waals surface area contributed by atoms with Gasteiger partial charge in [-0.2, -0.15) is 5.10 Å². The summed E-state index contributed by atoms with van der Waals surface area (Å²) in [6.45, 7) is 7.36. The maximum absolute atomic E-state index is 13.1. The number of hydrogen-bond donors (Lipinski definition) is 0. The quantitative estimate of drug-likeness (QED) is 0.422. The molecule has 2 aromatic carbocycles. The van der Waals surface area contributed by atoms with Crippen molar-refractivity contribution in [2.24, 2.45) is 0 Å². The molecule has 180 valence electrons. The van der Waals surface area contributed by atoms with E-state index in [-0.39, 0.29) is 17.9 Å². The number of fused-ring (bicyclic) bond motifs is 1. The number of aryl methyl sites for hydroxylation is 3. The van der Waals surface area contributed by atoms with E-state index >= 15 is 0 Å². The van der Waals surface area contributed by atoms with Gasteiger partial charge in [0.25, 0.3) is 5.56 Å². The lowest BCUT2D eigenvalue weighted by atomic mass is 10.0. The second-order valence-corrected chi connectivity index (χ2v) is 9.49. The maximum Gasteiger partial charge on any atom is 0.276 e. The Morgan fingerprint density at radius 2 is 1.69 bits per heavy atom. The van der Waals surface area contributed by atoms with E-state index in [1.54, 1.807) is 21.5 Å². The molecule has 0 unspecified atom stereocenters. The Labute approximate surface area is 209 Å². The molecular formula is C27H28ClN5O2. The van der Waals surface area contributed by atoms with Crippen molar-refractivity contribution < 1.29 is 4.79 Å². The van der Waals surface area contributed by atoms with Crippen LogP contribution in [-0.4, -0.2) is 51.2 Å². The number of nitrogens with zero attached hydrogens (tertiary/aromatic N) is 5. The number of benzene rings is 2. The third-order valence-electron chi connectivity index (χ3n) is 6.80. The molecule has 0 saturated carbocycles. The van der Waals surface area contributed by atoms with Crippen LogP contribution in [-0.2, 0) is 11.3 Å². The summed E-state index contributed by atoms with van der Waals surface area (Å²) in [5.41, 5.74) is 5.62. The van der Waals surface area contributed by atoms with Crippen LogP contribution in [0.1, 0.15) is 17.5 Å². The molecule has 4 aromatic rings. The van der Waals surface area contributed by atoms with Crippen molar-refractivity contribution in [2.45, 2.75) is 26.8 Å². The molecule has 2 aromatic heterocycles. The van der Waals surface area contributed by atoms with Crippen molar-refractivity contribution in [3.63, 3.8) is 0 Å². The highest BCUT2D eigenvalue weighted by molar-refractivity contribution is 6.30. The van der Waals surface area contributed by atoms with E-state index in [1.807, 2.05) is 41.3 Å². The highest BCUT2D eigenvalue weighted by atomic mass is 35.5. The molecule has 35 heavy (non-hydrogen) atoms. The Morgan fingerprint density at radius 3 is 2.40 bits per heavy atom. The van der Waals surface area contributed by atoms with Gasteiger partial charge in [-0.25, -0.2) is 4.52 Å². The molecule has 1 amide bonds. The summed E-state index contributed by atoms with van der Waals surface area (Å²) in [4.78, 5) is 30.0. The van der Waals surface area contributed by atoms with E-state index in [0.717, 1.165) is 30.0 Å². The van der Waals surface area contributed by atoms with Gasteiger partial charge in [0.15, 0.2) is 0 Å². The number of hydrogen-bond acceptors (Lipinski definition) is 4. The number of halogens is 1. The number of anilines is 1. The second kappa shape index (κ2) is 9.58. The van der Waals surface area contributed by atoms with Crippen LogP contribution in [0.3, 0.4) is 0 Å². The van der Waals surface area contributed by atoms with E-state index in [2.05, 4.69) is 36.0 Å². The molecule has 1 saturated heterocycles. The summed E-state index contributed by atoms with van der Waals surface area (Å²) in [5.74, 6) is 0.0665. The van der Waals surface area contributed by atoms with Crippen LogP contribution in [0.25, 0.3) is 16.8 Å². The van der Waals surface area contributed by atoms with Crippen LogP contribution in [0.15, 0.2) is 65.7 Å². The van der Waals surface area contributed by atoms with Gasteiger partial charge >= 0.3 is 0 Å². The third kappa shape index (κ3) is 4.82. The molecule has 0 spiro atoms. The van der Waals surface area contributed by atoms with Gasteiger partial charge < -0.3 is 14.4 Å². The summed E-state index contributed by atoms with van der Waals surface area (Å²) in [6.07, 6.45) is 3.77. The van der Waals surface area contributed by atoms with Gasteiger partial charge in [0.05, 0.1) is 5.69 Å². The smallest absolute Gasteiger partial charge is 0.276 e. The Balaban J connectivity index is 1.23. The maximum atomic E-state index is 13.1. The predicted octanol–water partition coefficient (Wildman–Crippen LogP) is 4.17. The highest BCUT2D eigenvalue weighted by Gasteiger charge is 2.21. The number of amides is 1. The predicted molar refractivity (Wildman–Crippen MR) is 139 cm³/mol. The summed E-state index contributed by atoms with van der Waals surface area (Å²) in [7, 11) is 0. The monoisotopic (exact) mass is 489 g/mol. The van der Waals surface area contributed by atoms with Gasteiger partial charge in [0, 0.05) is 67.8 Å². The zero-order chi connectivity index (χ0) is 24.5. The topological polar surface area (TPSA) is 62.9 Å². The Bertz CT molecular complexity index is 1430. The number of carbonyl (C=O) groups is 1. The first-order valence-corrected chi connectivity index (χ1v) is 12.2. The second-order valence-electron chi connectivity index (χ2n) is 9.05. The van der Waals surface area contributed by atoms with Gasteiger partial charge in [0.2, 0.25) is 5.91 Å². The van der Waals surface area contributed by atoms with Crippen molar-refractivity contribution in [2.75, 3.05) is 31.1 Å². The van der Waals surface area contributed by atoms with Crippen molar-refractivity contribution in [1.82, 2.24) is 19.1 Å². The normalized spacial score (nSPS) is 14.0. The van der Waals surface area contributed by atoms with Gasteiger partial charge in [-0.15, -0.1) is 0 Å². The number of aromatic nitrogens is 3.